The number of benzene rings is 1. The Labute approximate surface area is 146 Å². The predicted molar refractivity (Wildman–Crippen MR) is 102 cm³/mol. The molecule has 124 valence electrons. The number of hydrogen-bond acceptors (Lipinski definition) is 4. The normalized spacial score (nSPS) is 11.5. The minimum Gasteiger partial charge on any atom is -0.357 e. The Balaban J connectivity index is 1.70. The lowest BCUT2D eigenvalue weighted by Crippen LogP contribution is -2.38. The predicted octanol–water partition coefficient (Wildman–Crippen LogP) is 3.34. The smallest absolute Gasteiger partial charge is 0.191 e. The lowest BCUT2D eigenvalue weighted by atomic mass is 10.3. The molecule has 1 heterocycles. The van der Waals surface area contributed by atoms with Crippen molar-refractivity contribution < 1.29 is 0 Å². The molecule has 1 aromatic heterocycles. The molecule has 0 atom stereocenters. The molecule has 0 amide bonds. The molecule has 0 radical (unpaired) electrons. The molecule has 0 aliphatic carbocycles. The lowest BCUT2D eigenvalue weighted by Gasteiger charge is -2.11. The highest BCUT2D eigenvalue weighted by Gasteiger charge is 2.00. The van der Waals surface area contributed by atoms with E-state index in [2.05, 4.69) is 57.2 Å². The molecule has 23 heavy (non-hydrogen) atoms. The van der Waals surface area contributed by atoms with Gasteiger partial charge in [-0.05, 0) is 26.0 Å². The number of aryl methyl sites for hydroxylation is 1. The van der Waals surface area contributed by atoms with Gasteiger partial charge in [0.25, 0.3) is 0 Å². The van der Waals surface area contributed by atoms with E-state index in [-0.39, 0.29) is 0 Å². The number of nitrogens with zero attached hydrogens (tertiary/aromatic N) is 2. The first-order chi connectivity index (χ1) is 11.3. The number of rotatable bonds is 8. The van der Waals surface area contributed by atoms with Crippen molar-refractivity contribution in [1.82, 2.24) is 15.6 Å². The fourth-order valence-electron chi connectivity index (χ4n) is 2.00. The summed E-state index contributed by atoms with van der Waals surface area (Å²) in [4.78, 5) is 10.4. The molecular weight excluding hydrogens is 324 g/mol. The first-order valence-corrected chi connectivity index (χ1v) is 9.75. The van der Waals surface area contributed by atoms with Crippen LogP contribution in [-0.2, 0) is 6.42 Å². The minimum atomic E-state index is 0.754. The third-order valence-electron chi connectivity index (χ3n) is 3.06. The van der Waals surface area contributed by atoms with Crippen LogP contribution < -0.4 is 10.6 Å². The van der Waals surface area contributed by atoms with E-state index < -0.39 is 0 Å². The van der Waals surface area contributed by atoms with Crippen LogP contribution in [-0.4, -0.2) is 36.3 Å². The van der Waals surface area contributed by atoms with E-state index in [9.17, 15) is 0 Å². The standard InChI is InChI=1S/C17H24N4S2/c1-3-18-17(19-10-9-15-13-23-14(2)21-15)20-11-12-22-16-7-5-4-6-8-16/h4-8,13H,3,9-12H2,1-2H3,(H2,18,19,20). The molecule has 1 aromatic carbocycles. The molecule has 0 saturated heterocycles. The van der Waals surface area contributed by atoms with Crippen LogP contribution in [0.4, 0.5) is 0 Å². The van der Waals surface area contributed by atoms with Gasteiger partial charge in [-0.25, -0.2) is 4.98 Å². The zero-order valence-corrected chi connectivity index (χ0v) is 15.3. The second-order valence-electron chi connectivity index (χ2n) is 4.96. The largest absolute Gasteiger partial charge is 0.357 e. The van der Waals surface area contributed by atoms with Gasteiger partial charge in [0.15, 0.2) is 5.96 Å². The van der Waals surface area contributed by atoms with Crippen molar-refractivity contribution in [3.8, 4) is 0 Å². The summed E-state index contributed by atoms with van der Waals surface area (Å²) in [5.41, 5.74) is 1.13. The number of thiazole rings is 1. The summed E-state index contributed by atoms with van der Waals surface area (Å²) in [5.74, 6) is 1.90. The van der Waals surface area contributed by atoms with E-state index in [1.54, 1.807) is 11.3 Å². The van der Waals surface area contributed by atoms with Crippen LogP contribution in [0.2, 0.25) is 0 Å². The first kappa shape index (κ1) is 17.8. The Kier molecular flexibility index (Phi) is 7.97. The summed E-state index contributed by atoms with van der Waals surface area (Å²) in [5, 5.41) is 9.90. The van der Waals surface area contributed by atoms with Crippen LogP contribution in [0.3, 0.4) is 0 Å². The Hall–Kier alpha value is -1.53. The first-order valence-electron chi connectivity index (χ1n) is 7.89. The van der Waals surface area contributed by atoms with Crippen LogP contribution in [0.5, 0.6) is 0 Å². The van der Waals surface area contributed by atoms with Crippen LogP contribution in [0.1, 0.15) is 17.6 Å². The molecular formula is C17H24N4S2. The van der Waals surface area contributed by atoms with Crippen molar-refractivity contribution in [2.75, 3.05) is 25.4 Å². The minimum absolute atomic E-state index is 0.754. The average molecular weight is 349 g/mol. The molecule has 6 heteroatoms. The van der Waals surface area contributed by atoms with Crippen molar-refractivity contribution in [3.05, 3.63) is 46.4 Å². The number of guanidine groups is 1. The summed E-state index contributed by atoms with van der Waals surface area (Å²) >= 11 is 3.54. The van der Waals surface area contributed by atoms with Gasteiger partial charge < -0.3 is 10.6 Å². The van der Waals surface area contributed by atoms with Crippen LogP contribution in [0.15, 0.2) is 45.6 Å². The number of aromatic nitrogens is 1. The van der Waals surface area contributed by atoms with Gasteiger partial charge in [0, 0.05) is 42.1 Å². The summed E-state index contributed by atoms with van der Waals surface area (Å²) in [7, 11) is 0. The van der Waals surface area contributed by atoms with Crippen molar-refractivity contribution in [2.24, 2.45) is 4.99 Å². The number of thioether (sulfide) groups is 1. The van der Waals surface area contributed by atoms with Crippen LogP contribution in [0, 0.1) is 6.92 Å². The third kappa shape index (κ3) is 7.05. The quantitative estimate of drug-likeness (QED) is 0.332. The van der Waals surface area contributed by atoms with E-state index in [4.69, 9.17) is 0 Å². The lowest BCUT2D eigenvalue weighted by molar-refractivity contribution is 0.831. The van der Waals surface area contributed by atoms with Gasteiger partial charge in [-0.1, -0.05) is 18.2 Å². The van der Waals surface area contributed by atoms with Crippen molar-refractivity contribution in [3.63, 3.8) is 0 Å². The zero-order valence-electron chi connectivity index (χ0n) is 13.7. The van der Waals surface area contributed by atoms with Gasteiger partial charge in [0.05, 0.1) is 10.7 Å². The van der Waals surface area contributed by atoms with E-state index in [0.29, 0.717) is 0 Å². The molecule has 0 saturated carbocycles. The monoisotopic (exact) mass is 348 g/mol. The summed E-state index contributed by atoms with van der Waals surface area (Å²) in [6, 6.07) is 10.5. The summed E-state index contributed by atoms with van der Waals surface area (Å²) < 4.78 is 0. The fraction of sp³-hybridized carbons (Fsp3) is 0.412. The van der Waals surface area contributed by atoms with Crippen molar-refractivity contribution in [2.45, 2.75) is 25.2 Å². The Morgan fingerprint density at radius 1 is 1.26 bits per heavy atom. The third-order valence-corrected chi connectivity index (χ3v) is 4.89. The Morgan fingerprint density at radius 2 is 2.09 bits per heavy atom. The maximum absolute atomic E-state index is 4.61. The van der Waals surface area contributed by atoms with Crippen molar-refractivity contribution >= 4 is 29.1 Å². The van der Waals surface area contributed by atoms with Gasteiger partial charge in [-0.2, -0.15) is 0 Å². The maximum Gasteiger partial charge on any atom is 0.191 e. The molecule has 0 bridgehead atoms. The molecule has 0 unspecified atom stereocenters. The van der Waals surface area contributed by atoms with Gasteiger partial charge in [0.1, 0.15) is 0 Å². The van der Waals surface area contributed by atoms with Crippen molar-refractivity contribution in [1.29, 1.82) is 0 Å². The van der Waals surface area contributed by atoms with Crippen LogP contribution in [0.25, 0.3) is 0 Å². The highest BCUT2D eigenvalue weighted by molar-refractivity contribution is 7.99. The molecule has 0 aliphatic rings. The molecule has 2 aromatic rings. The molecule has 2 N–H and O–H groups in total. The Bertz CT molecular complexity index is 596. The Morgan fingerprint density at radius 3 is 2.78 bits per heavy atom. The van der Waals surface area contributed by atoms with E-state index >= 15 is 0 Å². The second-order valence-corrected chi connectivity index (χ2v) is 7.19. The number of nitrogens with one attached hydrogen (secondary N) is 2. The second kappa shape index (κ2) is 10.3. The van der Waals surface area contributed by atoms with E-state index in [1.165, 1.54) is 4.90 Å². The van der Waals surface area contributed by atoms with Gasteiger partial charge in [-0.15, -0.1) is 23.1 Å². The van der Waals surface area contributed by atoms with Gasteiger partial charge in [0.2, 0.25) is 0 Å². The summed E-state index contributed by atoms with van der Waals surface area (Å²) in [6.45, 7) is 6.63. The molecule has 4 nitrogen and oxygen atoms in total. The molecule has 0 spiro atoms. The molecule has 0 fully saturated rings. The van der Waals surface area contributed by atoms with E-state index in [0.717, 1.165) is 48.5 Å². The highest BCUT2D eigenvalue weighted by Crippen LogP contribution is 2.15. The number of hydrogen-bond donors (Lipinski definition) is 2. The highest BCUT2D eigenvalue weighted by atomic mass is 32.2. The van der Waals surface area contributed by atoms with E-state index in [1.807, 2.05) is 24.8 Å². The topological polar surface area (TPSA) is 49.3 Å². The molecule has 2 rings (SSSR count). The zero-order chi connectivity index (χ0) is 16.3. The fourth-order valence-corrected chi connectivity index (χ4v) is 3.44. The summed E-state index contributed by atoms with van der Waals surface area (Å²) in [6.07, 6.45) is 0.889. The van der Waals surface area contributed by atoms with Crippen LogP contribution >= 0.6 is 23.1 Å². The van der Waals surface area contributed by atoms with Gasteiger partial charge in [-0.3, -0.25) is 4.99 Å². The number of aliphatic imine (C=N–C) groups is 1. The SMILES string of the molecule is CCNC(=NCCc1csc(C)n1)NCCSc1ccccc1. The maximum atomic E-state index is 4.61. The molecule has 0 aliphatic heterocycles. The average Bonchev–Trinajstić information content (AvgIpc) is 2.98. The van der Waals surface area contributed by atoms with Gasteiger partial charge >= 0.3 is 0 Å².